The van der Waals surface area contributed by atoms with Crippen molar-refractivity contribution in [3.63, 3.8) is 0 Å². The summed E-state index contributed by atoms with van der Waals surface area (Å²) in [6.45, 7) is 13.0. The van der Waals surface area contributed by atoms with Gasteiger partial charge in [-0.1, -0.05) is 26.7 Å². The molecule has 0 aliphatic carbocycles. The van der Waals surface area contributed by atoms with Gasteiger partial charge in [0.15, 0.2) is 0 Å². The molecular weight excluding hydrogens is 410 g/mol. The molecule has 0 saturated carbocycles. The van der Waals surface area contributed by atoms with Crippen molar-refractivity contribution in [2.75, 3.05) is 13.1 Å². The lowest BCUT2D eigenvalue weighted by molar-refractivity contribution is -0.136. The Morgan fingerprint density at radius 3 is 2.38 bits per heavy atom. The van der Waals surface area contributed by atoms with E-state index in [1.165, 1.54) is 0 Å². The van der Waals surface area contributed by atoms with Gasteiger partial charge in [-0.25, -0.2) is 14.6 Å². The maximum absolute atomic E-state index is 13.4. The van der Waals surface area contributed by atoms with Crippen LogP contribution in [0.15, 0.2) is 6.20 Å². The summed E-state index contributed by atoms with van der Waals surface area (Å²) in [4.78, 5) is 46.6. The fraction of sp³-hybridized carbons (Fsp3) is 0.739. The molecule has 1 fully saturated rings. The van der Waals surface area contributed by atoms with Gasteiger partial charge in [-0.3, -0.25) is 9.36 Å². The second-order valence-corrected chi connectivity index (χ2v) is 9.80. The summed E-state index contributed by atoms with van der Waals surface area (Å²) >= 11 is 0. The third-order valence-electron chi connectivity index (χ3n) is 6.46. The molecule has 1 aromatic rings. The molecule has 1 unspecified atom stereocenters. The van der Waals surface area contributed by atoms with E-state index in [0.29, 0.717) is 25.5 Å². The summed E-state index contributed by atoms with van der Waals surface area (Å²) in [7, 11) is 0. The van der Waals surface area contributed by atoms with Crippen LogP contribution >= 0.6 is 0 Å². The number of aryl methyl sites for hydroxylation is 1. The molecule has 3 rings (SSSR count). The Morgan fingerprint density at radius 2 is 1.84 bits per heavy atom. The van der Waals surface area contributed by atoms with E-state index in [1.54, 1.807) is 31.5 Å². The molecule has 178 valence electrons. The normalized spacial score (nSPS) is 18.2. The average Bonchev–Trinajstić information content (AvgIpc) is 3.26. The van der Waals surface area contributed by atoms with Crippen LogP contribution < -0.4 is 5.32 Å². The number of imidazole rings is 1. The van der Waals surface area contributed by atoms with Crippen molar-refractivity contribution in [3.05, 3.63) is 17.7 Å². The van der Waals surface area contributed by atoms with Crippen LogP contribution in [0.4, 0.5) is 9.59 Å². The van der Waals surface area contributed by atoms with E-state index >= 15 is 0 Å². The number of rotatable bonds is 6. The smallest absolute Gasteiger partial charge is 0.408 e. The lowest BCUT2D eigenvalue weighted by Crippen LogP contribution is -2.56. The number of carbonyl (C=O) groups is 3. The molecule has 1 atom stereocenters. The molecule has 2 aliphatic heterocycles. The van der Waals surface area contributed by atoms with Crippen molar-refractivity contribution in [3.8, 4) is 0 Å². The van der Waals surface area contributed by atoms with Crippen LogP contribution in [0.2, 0.25) is 0 Å². The Kier molecular flexibility index (Phi) is 7.15. The number of amides is 3. The Hall–Kier alpha value is -2.58. The number of aromatic nitrogens is 2. The molecule has 0 aromatic carbocycles. The molecule has 0 radical (unpaired) electrons. The Bertz CT molecular complexity index is 847. The van der Waals surface area contributed by atoms with E-state index in [0.717, 1.165) is 31.4 Å². The van der Waals surface area contributed by atoms with Crippen LogP contribution in [0.25, 0.3) is 0 Å². The summed E-state index contributed by atoms with van der Waals surface area (Å²) in [6.07, 6.45) is 4.20. The Labute approximate surface area is 190 Å². The summed E-state index contributed by atoms with van der Waals surface area (Å²) < 4.78 is 7.07. The third kappa shape index (κ3) is 5.07. The van der Waals surface area contributed by atoms with E-state index in [4.69, 9.17) is 4.74 Å². The minimum atomic E-state index is -0.626. The predicted octanol–water partition coefficient (Wildman–Crippen LogP) is 3.30. The number of hydrogen-bond donors (Lipinski definition) is 1. The van der Waals surface area contributed by atoms with Gasteiger partial charge in [-0.05, 0) is 46.5 Å². The maximum atomic E-state index is 13.4. The first-order valence-corrected chi connectivity index (χ1v) is 11.7. The molecule has 1 saturated heterocycles. The van der Waals surface area contributed by atoms with Crippen molar-refractivity contribution in [1.29, 1.82) is 0 Å². The van der Waals surface area contributed by atoms with Gasteiger partial charge in [0.25, 0.3) is 0 Å². The standard InChI is InChI=1S/C23H37N5O4/c1-7-16(8-2)19(25-21(30)32-23(4,5)6)20(29)26-11-9-17(10-12-26)27-14-18-13-24-15(3)28(18)22(27)31/h13,16-17,19H,7-12,14H2,1-6H3,(H,25,30). The van der Waals surface area contributed by atoms with Gasteiger partial charge >= 0.3 is 12.1 Å². The fourth-order valence-corrected chi connectivity index (χ4v) is 4.69. The lowest BCUT2D eigenvalue weighted by atomic mass is 9.92. The van der Waals surface area contributed by atoms with Crippen molar-refractivity contribution >= 4 is 18.0 Å². The van der Waals surface area contributed by atoms with Crippen LogP contribution in [0, 0.1) is 12.8 Å². The molecular formula is C23H37N5O4. The number of ether oxygens (including phenoxy) is 1. The zero-order chi connectivity index (χ0) is 23.6. The van der Waals surface area contributed by atoms with Crippen molar-refractivity contribution in [2.24, 2.45) is 5.92 Å². The number of carbonyl (C=O) groups excluding carboxylic acids is 3. The first kappa shape index (κ1) is 24.1. The monoisotopic (exact) mass is 447 g/mol. The van der Waals surface area contributed by atoms with Crippen LogP contribution in [-0.2, 0) is 16.1 Å². The van der Waals surface area contributed by atoms with E-state index in [-0.39, 0.29) is 23.9 Å². The molecule has 1 N–H and O–H groups in total. The predicted molar refractivity (Wildman–Crippen MR) is 120 cm³/mol. The highest BCUT2D eigenvalue weighted by Gasteiger charge is 2.38. The zero-order valence-electron chi connectivity index (χ0n) is 20.2. The van der Waals surface area contributed by atoms with Crippen LogP contribution in [0.1, 0.15) is 71.8 Å². The van der Waals surface area contributed by atoms with Gasteiger partial charge in [0.1, 0.15) is 17.5 Å². The molecule has 32 heavy (non-hydrogen) atoms. The van der Waals surface area contributed by atoms with Crippen LogP contribution in [0.5, 0.6) is 0 Å². The quantitative estimate of drug-likeness (QED) is 0.722. The van der Waals surface area contributed by atoms with Crippen molar-refractivity contribution in [2.45, 2.75) is 91.5 Å². The Balaban J connectivity index is 1.62. The van der Waals surface area contributed by atoms with Crippen LogP contribution in [-0.4, -0.2) is 68.2 Å². The molecule has 1 aromatic heterocycles. The van der Waals surface area contributed by atoms with Crippen molar-refractivity contribution < 1.29 is 19.1 Å². The third-order valence-corrected chi connectivity index (χ3v) is 6.46. The first-order chi connectivity index (χ1) is 15.1. The van der Waals surface area contributed by atoms with Gasteiger partial charge in [-0.2, -0.15) is 0 Å². The van der Waals surface area contributed by atoms with Crippen LogP contribution in [0.3, 0.4) is 0 Å². The minimum Gasteiger partial charge on any atom is -0.444 e. The SMILES string of the molecule is CCC(CC)C(NC(=O)OC(C)(C)C)C(=O)N1CCC(N2Cc3cnc(C)n3C2=O)CC1. The maximum Gasteiger partial charge on any atom is 0.408 e. The number of nitrogens with zero attached hydrogens (tertiary/aromatic N) is 4. The van der Waals surface area contributed by atoms with Gasteiger partial charge in [0.05, 0.1) is 18.4 Å². The van der Waals surface area contributed by atoms with E-state index in [1.807, 2.05) is 30.6 Å². The molecule has 9 nitrogen and oxygen atoms in total. The summed E-state index contributed by atoms with van der Waals surface area (Å²) in [5.41, 5.74) is 0.292. The number of likely N-dealkylation sites (tertiary alicyclic amines) is 1. The van der Waals surface area contributed by atoms with Crippen molar-refractivity contribution in [1.82, 2.24) is 24.7 Å². The highest BCUT2D eigenvalue weighted by atomic mass is 16.6. The number of alkyl carbamates (subject to hydrolysis) is 1. The summed E-state index contributed by atoms with van der Waals surface area (Å²) in [6, 6.07) is -0.545. The molecule has 3 heterocycles. The summed E-state index contributed by atoms with van der Waals surface area (Å²) in [5.74, 6) is 0.678. The lowest BCUT2D eigenvalue weighted by Gasteiger charge is -2.39. The zero-order valence-corrected chi connectivity index (χ0v) is 20.2. The number of hydrogen-bond acceptors (Lipinski definition) is 5. The second-order valence-electron chi connectivity index (χ2n) is 9.80. The van der Waals surface area contributed by atoms with Gasteiger partial charge in [-0.15, -0.1) is 0 Å². The minimum absolute atomic E-state index is 0.0266. The molecule has 3 amide bonds. The second kappa shape index (κ2) is 9.50. The molecule has 9 heteroatoms. The average molecular weight is 448 g/mol. The molecule has 2 aliphatic rings. The van der Waals surface area contributed by atoms with Gasteiger partial charge in [0, 0.05) is 19.1 Å². The highest BCUT2D eigenvalue weighted by molar-refractivity contribution is 5.86. The van der Waals surface area contributed by atoms with Gasteiger partial charge < -0.3 is 19.9 Å². The van der Waals surface area contributed by atoms with E-state index in [2.05, 4.69) is 10.3 Å². The number of piperidine rings is 1. The molecule has 0 bridgehead atoms. The fourth-order valence-electron chi connectivity index (χ4n) is 4.69. The molecule has 0 spiro atoms. The van der Waals surface area contributed by atoms with E-state index in [9.17, 15) is 14.4 Å². The van der Waals surface area contributed by atoms with Gasteiger partial charge in [0.2, 0.25) is 5.91 Å². The Morgan fingerprint density at radius 1 is 1.22 bits per heavy atom. The number of fused-ring (bicyclic) bond motifs is 1. The number of nitrogens with one attached hydrogen (secondary N) is 1. The highest BCUT2D eigenvalue weighted by Crippen LogP contribution is 2.27. The van der Waals surface area contributed by atoms with E-state index < -0.39 is 17.7 Å². The first-order valence-electron chi connectivity index (χ1n) is 11.7. The topological polar surface area (TPSA) is 96.8 Å². The largest absolute Gasteiger partial charge is 0.444 e. The summed E-state index contributed by atoms with van der Waals surface area (Å²) in [5, 5.41) is 2.83.